The predicted molar refractivity (Wildman–Crippen MR) is 105 cm³/mol. The standard InChI is InChI=1S/C21H23N3O2/c1-14-11-15(2)16-13-19(22-18(16)12-14)21(25)23-17-5-3-4-6-20(17)24-7-9-26-10-8-24/h3-6,11-13,22H,7-10H2,1-2H3,(H,23,25). The summed E-state index contributed by atoms with van der Waals surface area (Å²) in [5.41, 5.74) is 5.78. The lowest BCUT2D eigenvalue weighted by Gasteiger charge is -2.30. The monoisotopic (exact) mass is 349 g/mol. The van der Waals surface area contributed by atoms with Crippen molar-refractivity contribution in [2.75, 3.05) is 36.5 Å². The summed E-state index contributed by atoms with van der Waals surface area (Å²) in [6.07, 6.45) is 0. The van der Waals surface area contributed by atoms with Gasteiger partial charge in [0.15, 0.2) is 0 Å². The summed E-state index contributed by atoms with van der Waals surface area (Å²) >= 11 is 0. The Hall–Kier alpha value is -2.79. The van der Waals surface area contributed by atoms with Gasteiger partial charge in [0.05, 0.1) is 24.6 Å². The molecule has 0 bridgehead atoms. The van der Waals surface area contributed by atoms with Crippen molar-refractivity contribution >= 4 is 28.2 Å². The Morgan fingerprint density at radius 3 is 2.69 bits per heavy atom. The van der Waals surface area contributed by atoms with Gasteiger partial charge in [-0.05, 0) is 49.2 Å². The minimum absolute atomic E-state index is 0.126. The van der Waals surface area contributed by atoms with Crippen molar-refractivity contribution < 1.29 is 9.53 Å². The van der Waals surface area contributed by atoms with Crippen LogP contribution in [-0.4, -0.2) is 37.2 Å². The average molecular weight is 349 g/mol. The van der Waals surface area contributed by atoms with E-state index in [0.29, 0.717) is 18.9 Å². The molecule has 0 unspecified atom stereocenters. The first-order chi connectivity index (χ1) is 12.6. The number of hydrogen-bond donors (Lipinski definition) is 2. The molecule has 0 atom stereocenters. The van der Waals surface area contributed by atoms with Gasteiger partial charge in [-0.1, -0.05) is 18.2 Å². The molecule has 134 valence electrons. The van der Waals surface area contributed by atoms with Crippen LogP contribution < -0.4 is 10.2 Å². The second kappa shape index (κ2) is 6.84. The number of morpholine rings is 1. The van der Waals surface area contributed by atoms with Crippen molar-refractivity contribution in [1.29, 1.82) is 0 Å². The van der Waals surface area contributed by atoms with Crippen LogP contribution in [0.15, 0.2) is 42.5 Å². The molecule has 26 heavy (non-hydrogen) atoms. The predicted octanol–water partition coefficient (Wildman–Crippen LogP) is 3.87. The number of aromatic amines is 1. The molecule has 3 aromatic rings. The quantitative estimate of drug-likeness (QED) is 0.755. The number of para-hydroxylation sites is 2. The maximum Gasteiger partial charge on any atom is 0.272 e. The fourth-order valence-electron chi connectivity index (χ4n) is 3.57. The van der Waals surface area contributed by atoms with E-state index in [9.17, 15) is 4.79 Å². The van der Waals surface area contributed by atoms with Crippen molar-refractivity contribution in [3.63, 3.8) is 0 Å². The summed E-state index contributed by atoms with van der Waals surface area (Å²) in [5.74, 6) is -0.126. The number of carbonyl (C=O) groups excluding carboxylic acids is 1. The highest BCUT2D eigenvalue weighted by molar-refractivity contribution is 6.07. The summed E-state index contributed by atoms with van der Waals surface area (Å²) in [4.78, 5) is 18.3. The Morgan fingerprint density at radius 1 is 1.12 bits per heavy atom. The lowest BCUT2D eigenvalue weighted by atomic mass is 10.1. The van der Waals surface area contributed by atoms with E-state index in [-0.39, 0.29) is 5.91 Å². The van der Waals surface area contributed by atoms with E-state index in [1.165, 1.54) is 11.1 Å². The van der Waals surface area contributed by atoms with Gasteiger partial charge in [0.25, 0.3) is 5.91 Å². The molecule has 0 aliphatic carbocycles. The number of fused-ring (bicyclic) bond motifs is 1. The number of carbonyl (C=O) groups is 1. The topological polar surface area (TPSA) is 57.4 Å². The van der Waals surface area contributed by atoms with Gasteiger partial charge >= 0.3 is 0 Å². The summed E-state index contributed by atoms with van der Waals surface area (Å²) in [7, 11) is 0. The maximum absolute atomic E-state index is 12.8. The van der Waals surface area contributed by atoms with Crippen LogP contribution in [0.5, 0.6) is 0 Å². The van der Waals surface area contributed by atoms with Gasteiger partial charge in [0, 0.05) is 24.0 Å². The number of aromatic nitrogens is 1. The van der Waals surface area contributed by atoms with Crippen LogP contribution in [-0.2, 0) is 4.74 Å². The van der Waals surface area contributed by atoms with Crippen LogP contribution in [0, 0.1) is 13.8 Å². The van der Waals surface area contributed by atoms with Crippen LogP contribution in [0.2, 0.25) is 0 Å². The molecule has 0 spiro atoms. The molecule has 5 nitrogen and oxygen atoms in total. The van der Waals surface area contributed by atoms with Crippen molar-refractivity contribution in [3.8, 4) is 0 Å². The molecule has 2 N–H and O–H groups in total. The molecule has 1 amide bonds. The Bertz CT molecular complexity index is 955. The van der Waals surface area contributed by atoms with E-state index in [2.05, 4.69) is 41.2 Å². The molecule has 0 radical (unpaired) electrons. The number of H-pyrrole nitrogens is 1. The van der Waals surface area contributed by atoms with Crippen LogP contribution >= 0.6 is 0 Å². The van der Waals surface area contributed by atoms with Gasteiger partial charge in [-0.15, -0.1) is 0 Å². The lowest BCUT2D eigenvalue weighted by Crippen LogP contribution is -2.36. The van der Waals surface area contributed by atoms with Crippen molar-refractivity contribution in [1.82, 2.24) is 4.98 Å². The molecule has 5 heteroatoms. The number of rotatable bonds is 3. The first-order valence-corrected chi connectivity index (χ1v) is 8.95. The van der Waals surface area contributed by atoms with Crippen molar-refractivity contribution in [3.05, 3.63) is 59.3 Å². The van der Waals surface area contributed by atoms with Crippen molar-refractivity contribution in [2.24, 2.45) is 0 Å². The molecule has 2 aromatic carbocycles. The maximum atomic E-state index is 12.8. The number of aryl methyl sites for hydroxylation is 2. The Labute approximate surface area is 153 Å². The number of nitrogens with one attached hydrogen (secondary N) is 2. The van der Waals surface area contributed by atoms with Crippen LogP contribution in [0.3, 0.4) is 0 Å². The summed E-state index contributed by atoms with van der Waals surface area (Å²) in [6, 6.07) is 14.1. The number of hydrogen-bond acceptors (Lipinski definition) is 3. The molecule has 2 heterocycles. The average Bonchev–Trinajstić information content (AvgIpc) is 3.07. The van der Waals surface area contributed by atoms with Gasteiger partial charge in [-0.3, -0.25) is 4.79 Å². The first-order valence-electron chi connectivity index (χ1n) is 8.95. The van der Waals surface area contributed by atoms with Crippen molar-refractivity contribution in [2.45, 2.75) is 13.8 Å². The van der Waals surface area contributed by atoms with E-state index >= 15 is 0 Å². The highest BCUT2D eigenvalue weighted by Gasteiger charge is 2.17. The van der Waals surface area contributed by atoms with Gasteiger partial charge in [0.1, 0.15) is 5.69 Å². The fraction of sp³-hybridized carbons (Fsp3) is 0.286. The van der Waals surface area contributed by atoms with Gasteiger partial charge in [0.2, 0.25) is 0 Å². The highest BCUT2D eigenvalue weighted by atomic mass is 16.5. The SMILES string of the molecule is Cc1cc(C)c2cc(C(=O)Nc3ccccc3N3CCOCC3)[nH]c2c1. The normalized spacial score (nSPS) is 14.6. The van der Waals surface area contributed by atoms with E-state index < -0.39 is 0 Å². The van der Waals surface area contributed by atoms with Crippen LogP contribution in [0.4, 0.5) is 11.4 Å². The number of nitrogens with zero attached hydrogens (tertiary/aromatic N) is 1. The number of benzene rings is 2. The van der Waals surface area contributed by atoms with E-state index in [4.69, 9.17) is 4.74 Å². The summed E-state index contributed by atoms with van der Waals surface area (Å²) in [6.45, 7) is 7.21. The zero-order chi connectivity index (χ0) is 18.1. The van der Waals surface area contributed by atoms with Crippen LogP contribution in [0.25, 0.3) is 10.9 Å². The van der Waals surface area contributed by atoms with Gasteiger partial charge in [-0.25, -0.2) is 0 Å². The largest absolute Gasteiger partial charge is 0.378 e. The molecular weight excluding hydrogens is 326 g/mol. The number of anilines is 2. The zero-order valence-corrected chi connectivity index (χ0v) is 15.1. The minimum atomic E-state index is -0.126. The molecule has 1 aromatic heterocycles. The third-order valence-electron chi connectivity index (χ3n) is 4.84. The lowest BCUT2D eigenvalue weighted by molar-refractivity contribution is 0.102. The van der Waals surface area contributed by atoms with E-state index in [1.807, 2.05) is 30.3 Å². The van der Waals surface area contributed by atoms with Gasteiger partial charge in [-0.2, -0.15) is 0 Å². The second-order valence-electron chi connectivity index (χ2n) is 6.80. The Kier molecular flexibility index (Phi) is 4.39. The zero-order valence-electron chi connectivity index (χ0n) is 15.1. The van der Waals surface area contributed by atoms with E-state index in [0.717, 1.165) is 35.4 Å². The second-order valence-corrected chi connectivity index (χ2v) is 6.80. The molecular formula is C21H23N3O2. The smallest absolute Gasteiger partial charge is 0.272 e. The van der Waals surface area contributed by atoms with Gasteiger partial charge < -0.3 is 19.9 Å². The van der Waals surface area contributed by atoms with Crippen LogP contribution in [0.1, 0.15) is 21.6 Å². The summed E-state index contributed by atoms with van der Waals surface area (Å²) < 4.78 is 5.43. The first kappa shape index (κ1) is 16.7. The molecule has 1 aliphatic rings. The number of ether oxygens (including phenoxy) is 1. The fourth-order valence-corrected chi connectivity index (χ4v) is 3.57. The minimum Gasteiger partial charge on any atom is -0.378 e. The third-order valence-corrected chi connectivity index (χ3v) is 4.84. The number of amides is 1. The highest BCUT2D eigenvalue weighted by Crippen LogP contribution is 2.27. The molecule has 1 fully saturated rings. The molecule has 0 saturated carbocycles. The Balaban J connectivity index is 1.62. The molecule has 4 rings (SSSR count). The third kappa shape index (κ3) is 3.18. The molecule has 1 aliphatic heterocycles. The van der Waals surface area contributed by atoms with E-state index in [1.54, 1.807) is 0 Å². The summed E-state index contributed by atoms with van der Waals surface area (Å²) in [5, 5.41) is 4.15. The Morgan fingerprint density at radius 2 is 1.88 bits per heavy atom. The molecule has 1 saturated heterocycles.